The van der Waals surface area contributed by atoms with Gasteiger partial charge in [-0.2, -0.15) is 0 Å². The second-order valence-electron chi connectivity index (χ2n) is 3.37. The van der Waals surface area contributed by atoms with Crippen molar-refractivity contribution in [3.8, 4) is 0 Å². The van der Waals surface area contributed by atoms with E-state index in [0.717, 1.165) is 10.5 Å². The van der Waals surface area contributed by atoms with Crippen molar-refractivity contribution in [1.82, 2.24) is 10.3 Å². The molecule has 0 amide bonds. The molecule has 0 bridgehead atoms. The van der Waals surface area contributed by atoms with E-state index < -0.39 is 0 Å². The first kappa shape index (κ1) is 10.5. The molecule has 1 aromatic carbocycles. The molecule has 4 heteroatoms. The van der Waals surface area contributed by atoms with Gasteiger partial charge in [-0.25, -0.2) is 4.98 Å². The third kappa shape index (κ3) is 2.17. The van der Waals surface area contributed by atoms with Crippen LogP contribution >= 0.6 is 11.3 Å². The van der Waals surface area contributed by atoms with Gasteiger partial charge in [-0.1, -0.05) is 12.1 Å². The molecule has 80 valence electrons. The minimum atomic E-state index is 0.160. The molecule has 2 rings (SSSR count). The smallest absolute Gasteiger partial charge is 0.111 e. The zero-order valence-corrected chi connectivity index (χ0v) is 9.42. The monoisotopic (exact) mass is 222 g/mol. The van der Waals surface area contributed by atoms with E-state index in [0.29, 0.717) is 6.42 Å². The van der Waals surface area contributed by atoms with E-state index in [2.05, 4.69) is 16.4 Å². The van der Waals surface area contributed by atoms with Gasteiger partial charge in [0.25, 0.3) is 0 Å². The molecule has 15 heavy (non-hydrogen) atoms. The Balaban J connectivity index is 2.34. The van der Waals surface area contributed by atoms with Crippen LogP contribution in [0.1, 0.15) is 17.5 Å². The summed E-state index contributed by atoms with van der Waals surface area (Å²) in [4.78, 5) is 4.55. The number of benzene rings is 1. The summed E-state index contributed by atoms with van der Waals surface area (Å²) >= 11 is 1.69. The van der Waals surface area contributed by atoms with Crippen molar-refractivity contribution in [1.29, 1.82) is 0 Å². The number of hydrogen-bond acceptors (Lipinski definition) is 4. The maximum absolute atomic E-state index is 8.94. The van der Waals surface area contributed by atoms with Crippen molar-refractivity contribution in [2.45, 2.75) is 12.5 Å². The highest BCUT2D eigenvalue weighted by molar-refractivity contribution is 7.18. The summed E-state index contributed by atoms with van der Waals surface area (Å²) < 4.78 is 1.20. The highest BCUT2D eigenvalue weighted by atomic mass is 32.1. The molecular weight excluding hydrogens is 208 g/mol. The predicted octanol–water partition coefficient (Wildman–Crippen LogP) is 1.94. The van der Waals surface area contributed by atoms with E-state index in [-0.39, 0.29) is 12.6 Å². The molecule has 0 fully saturated rings. The van der Waals surface area contributed by atoms with Crippen LogP contribution in [0.25, 0.3) is 10.2 Å². The van der Waals surface area contributed by atoms with Crippen LogP contribution in [-0.4, -0.2) is 23.7 Å². The second-order valence-corrected chi connectivity index (χ2v) is 4.44. The number of fused-ring (bicyclic) bond motifs is 1. The summed E-state index contributed by atoms with van der Waals surface area (Å²) in [5, 5.41) is 13.2. The van der Waals surface area contributed by atoms with Gasteiger partial charge in [0.2, 0.25) is 0 Å². The van der Waals surface area contributed by atoms with E-state index in [1.807, 2.05) is 25.2 Å². The molecule has 1 atom stereocenters. The highest BCUT2D eigenvalue weighted by Crippen LogP contribution is 2.27. The van der Waals surface area contributed by atoms with Gasteiger partial charge < -0.3 is 10.4 Å². The summed E-state index contributed by atoms with van der Waals surface area (Å²) in [6, 6.07) is 8.26. The summed E-state index contributed by atoms with van der Waals surface area (Å²) in [5.41, 5.74) is 1.04. The standard InChI is InChI=1S/C11H14N2OS/c1-12-9(6-7-14)11-13-8-4-2-3-5-10(8)15-11/h2-5,9,12,14H,6-7H2,1H3. The lowest BCUT2D eigenvalue weighted by atomic mass is 10.2. The number of para-hydroxylation sites is 1. The van der Waals surface area contributed by atoms with Crippen LogP contribution in [0.2, 0.25) is 0 Å². The van der Waals surface area contributed by atoms with Crippen LogP contribution in [0.4, 0.5) is 0 Å². The molecule has 3 nitrogen and oxygen atoms in total. The average Bonchev–Trinajstić information content (AvgIpc) is 2.69. The summed E-state index contributed by atoms with van der Waals surface area (Å²) in [7, 11) is 1.90. The zero-order chi connectivity index (χ0) is 10.7. The lowest BCUT2D eigenvalue weighted by Gasteiger charge is -2.10. The number of aliphatic hydroxyl groups is 1. The van der Waals surface area contributed by atoms with Crippen LogP contribution in [-0.2, 0) is 0 Å². The van der Waals surface area contributed by atoms with Crippen LogP contribution in [0.5, 0.6) is 0 Å². The summed E-state index contributed by atoms with van der Waals surface area (Å²) in [6.45, 7) is 0.182. The number of nitrogens with zero attached hydrogens (tertiary/aromatic N) is 1. The topological polar surface area (TPSA) is 45.1 Å². The van der Waals surface area contributed by atoms with Crippen molar-refractivity contribution < 1.29 is 5.11 Å². The molecule has 1 aromatic heterocycles. The number of thiazole rings is 1. The van der Waals surface area contributed by atoms with Crippen LogP contribution in [0.3, 0.4) is 0 Å². The first-order chi connectivity index (χ1) is 7.35. The SMILES string of the molecule is CNC(CCO)c1nc2ccccc2s1. The van der Waals surface area contributed by atoms with Gasteiger partial charge in [0.15, 0.2) is 0 Å². The molecule has 1 heterocycles. The van der Waals surface area contributed by atoms with Crippen molar-refractivity contribution in [2.75, 3.05) is 13.7 Å². The van der Waals surface area contributed by atoms with Gasteiger partial charge in [0, 0.05) is 6.61 Å². The number of rotatable bonds is 4. The predicted molar refractivity (Wildman–Crippen MR) is 63.1 cm³/mol. The molecule has 0 saturated carbocycles. The Hall–Kier alpha value is -0.970. The fourth-order valence-electron chi connectivity index (χ4n) is 1.56. The van der Waals surface area contributed by atoms with Crippen molar-refractivity contribution in [3.05, 3.63) is 29.3 Å². The Morgan fingerprint density at radius 3 is 2.93 bits per heavy atom. The minimum absolute atomic E-state index is 0.160. The van der Waals surface area contributed by atoms with E-state index in [1.54, 1.807) is 11.3 Å². The first-order valence-electron chi connectivity index (χ1n) is 4.98. The Morgan fingerprint density at radius 2 is 2.27 bits per heavy atom. The molecular formula is C11H14N2OS. The molecule has 1 unspecified atom stereocenters. The van der Waals surface area contributed by atoms with Crippen molar-refractivity contribution >= 4 is 21.6 Å². The molecule has 0 spiro atoms. The first-order valence-corrected chi connectivity index (χ1v) is 5.80. The van der Waals surface area contributed by atoms with Crippen LogP contribution in [0, 0.1) is 0 Å². The Bertz CT molecular complexity index is 408. The van der Waals surface area contributed by atoms with Gasteiger partial charge >= 0.3 is 0 Å². The molecule has 0 saturated heterocycles. The Labute approximate surface area is 92.8 Å². The maximum Gasteiger partial charge on any atom is 0.111 e. The molecule has 2 N–H and O–H groups in total. The molecule has 0 aliphatic carbocycles. The average molecular weight is 222 g/mol. The molecule has 0 aliphatic rings. The van der Waals surface area contributed by atoms with Gasteiger partial charge in [-0.05, 0) is 25.6 Å². The van der Waals surface area contributed by atoms with E-state index in [9.17, 15) is 0 Å². The number of aliphatic hydroxyl groups excluding tert-OH is 1. The van der Waals surface area contributed by atoms with Crippen molar-refractivity contribution in [3.63, 3.8) is 0 Å². The van der Waals surface area contributed by atoms with Crippen LogP contribution < -0.4 is 5.32 Å². The third-order valence-corrected chi connectivity index (χ3v) is 3.52. The largest absolute Gasteiger partial charge is 0.396 e. The Kier molecular flexibility index (Phi) is 3.30. The normalized spacial score (nSPS) is 13.2. The summed E-state index contributed by atoms with van der Waals surface area (Å²) in [5.74, 6) is 0. The number of aromatic nitrogens is 1. The van der Waals surface area contributed by atoms with Gasteiger partial charge in [0.1, 0.15) is 5.01 Å². The van der Waals surface area contributed by atoms with E-state index in [1.165, 1.54) is 4.70 Å². The third-order valence-electron chi connectivity index (χ3n) is 2.37. The molecule has 0 radical (unpaired) electrons. The lowest BCUT2D eigenvalue weighted by Crippen LogP contribution is -2.17. The maximum atomic E-state index is 8.94. The number of hydrogen-bond donors (Lipinski definition) is 2. The van der Waals surface area contributed by atoms with Gasteiger partial charge in [-0.3, -0.25) is 0 Å². The van der Waals surface area contributed by atoms with E-state index in [4.69, 9.17) is 5.11 Å². The van der Waals surface area contributed by atoms with Crippen molar-refractivity contribution in [2.24, 2.45) is 0 Å². The van der Waals surface area contributed by atoms with Gasteiger partial charge in [-0.15, -0.1) is 11.3 Å². The quantitative estimate of drug-likeness (QED) is 0.831. The highest BCUT2D eigenvalue weighted by Gasteiger charge is 2.13. The fourth-order valence-corrected chi connectivity index (χ4v) is 2.67. The lowest BCUT2D eigenvalue weighted by molar-refractivity contribution is 0.268. The zero-order valence-electron chi connectivity index (χ0n) is 8.60. The fraction of sp³-hybridized carbons (Fsp3) is 0.364. The Morgan fingerprint density at radius 1 is 1.47 bits per heavy atom. The van der Waals surface area contributed by atoms with Gasteiger partial charge in [0.05, 0.1) is 16.3 Å². The number of nitrogens with one attached hydrogen (secondary N) is 1. The minimum Gasteiger partial charge on any atom is -0.396 e. The van der Waals surface area contributed by atoms with Crippen LogP contribution in [0.15, 0.2) is 24.3 Å². The molecule has 0 aliphatic heterocycles. The van der Waals surface area contributed by atoms with E-state index >= 15 is 0 Å². The summed E-state index contributed by atoms with van der Waals surface area (Å²) in [6.07, 6.45) is 0.705. The molecule has 2 aromatic rings. The second kappa shape index (κ2) is 4.70.